The molecule has 1 aromatic heterocycles. The summed E-state index contributed by atoms with van der Waals surface area (Å²) in [6.45, 7) is 3.13. The summed E-state index contributed by atoms with van der Waals surface area (Å²) < 4.78 is 1.39. The van der Waals surface area contributed by atoms with E-state index in [0.717, 1.165) is 18.4 Å². The van der Waals surface area contributed by atoms with Crippen molar-refractivity contribution in [3.8, 4) is 5.75 Å². The zero-order chi connectivity index (χ0) is 15.2. The molecule has 0 unspecified atom stereocenters. The number of benzene rings is 1. The highest BCUT2D eigenvalue weighted by Gasteiger charge is 2.08. The molecule has 0 saturated carbocycles. The minimum Gasteiger partial charge on any atom is -0.508 e. The van der Waals surface area contributed by atoms with E-state index < -0.39 is 0 Å². The van der Waals surface area contributed by atoms with Crippen LogP contribution in [0.5, 0.6) is 5.75 Å². The van der Waals surface area contributed by atoms with Gasteiger partial charge >= 0.3 is 0 Å². The monoisotopic (exact) mass is 307 g/mol. The molecule has 2 rings (SSSR count). The summed E-state index contributed by atoms with van der Waals surface area (Å²) in [6, 6.07) is 6.82. The summed E-state index contributed by atoms with van der Waals surface area (Å²) in [5, 5.41) is 16.6. The fourth-order valence-corrected chi connectivity index (χ4v) is 2.08. The van der Waals surface area contributed by atoms with Crippen LogP contribution in [0.4, 0.5) is 5.69 Å². The highest BCUT2D eigenvalue weighted by Crippen LogP contribution is 2.17. The fraction of sp³-hybridized carbons (Fsp3) is 0.333. The third-order valence-corrected chi connectivity index (χ3v) is 3.49. The van der Waals surface area contributed by atoms with E-state index in [1.165, 1.54) is 4.68 Å². The predicted octanol–water partition coefficient (Wildman–Crippen LogP) is 3.01. The third kappa shape index (κ3) is 3.98. The van der Waals surface area contributed by atoms with E-state index in [2.05, 4.69) is 17.3 Å². The van der Waals surface area contributed by atoms with Crippen LogP contribution in [0, 0.1) is 0 Å². The molecule has 2 aromatic rings. The van der Waals surface area contributed by atoms with Crippen LogP contribution < -0.4 is 10.9 Å². The molecule has 1 aromatic carbocycles. The van der Waals surface area contributed by atoms with Gasteiger partial charge in [0.2, 0.25) is 0 Å². The predicted molar refractivity (Wildman–Crippen MR) is 83.8 cm³/mol. The van der Waals surface area contributed by atoms with Crippen LogP contribution in [0.15, 0.2) is 35.3 Å². The molecule has 0 aliphatic heterocycles. The molecule has 6 heteroatoms. The Labute approximate surface area is 128 Å². The minimum atomic E-state index is -0.277. The average molecular weight is 308 g/mol. The van der Waals surface area contributed by atoms with Crippen LogP contribution in [-0.2, 0) is 13.1 Å². The second-order valence-electron chi connectivity index (χ2n) is 4.77. The van der Waals surface area contributed by atoms with Crippen molar-refractivity contribution in [2.45, 2.75) is 32.9 Å². The van der Waals surface area contributed by atoms with E-state index in [-0.39, 0.29) is 16.3 Å². The summed E-state index contributed by atoms with van der Waals surface area (Å²) in [5.74, 6) is 0.219. The van der Waals surface area contributed by atoms with Gasteiger partial charge in [-0.3, -0.25) is 4.79 Å². The number of rotatable bonds is 6. The third-order valence-electron chi connectivity index (χ3n) is 3.13. The standard InChI is InChI=1S/C15H18ClN3O2/c1-2-3-8-19-15(21)14(16)13(10-18-19)17-9-11-4-6-12(20)7-5-11/h4-7,10,17,20H,2-3,8-9H2,1H3. The van der Waals surface area contributed by atoms with Gasteiger partial charge in [0.05, 0.1) is 11.9 Å². The van der Waals surface area contributed by atoms with Gasteiger partial charge in [-0.1, -0.05) is 37.1 Å². The average Bonchev–Trinajstić information content (AvgIpc) is 2.49. The number of nitrogens with zero attached hydrogens (tertiary/aromatic N) is 2. The molecular formula is C15H18ClN3O2. The van der Waals surface area contributed by atoms with Crippen LogP contribution in [0.25, 0.3) is 0 Å². The Bertz CT molecular complexity index is 653. The van der Waals surface area contributed by atoms with Crippen molar-refractivity contribution >= 4 is 17.3 Å². The number of aromatic hydroxyl groups is 1. The molecule has 0 atom stereocenters. The van der Waals surface area contributed by atoms with Gasteiger partial charge in [-0.15, -0.1) is 0 Å². The molecule has 2 N–H and O–H groups in total. The van der Waals surface area contributed by atoms with Crippen molar-refractivity contribution in [2.24, 2.45) is 0 Å². The number of hydrogen-bond donors (Lipinski definition) is 2. The number of phenolic OH excluding ortho intramolecular Hbond substituents is 1. The van der Waals surface area contributed by atoms with Crippen LogP contribution in [-0.4, -0.2) is 14.9 Å². The number of halogens is 1. The molecule has 0 radical (unpaired) electrons. The largest absolute Gasteiger partial charge is 0.508 e. The quantitative estimate of drug-likeness (QED) is 0.861. The number of hydrogen-bond acceptors (Lipinski definition) is 4. The number of unbranched alkanes of at least 4 members (excludes halogenated alkanes) is 1. The Balaban J connectivity index is 2.08. The van der Waals surface area contributed by atoms with Crippen molar-refractivity contribution in [2.75, 3.05) is 5.32 Å². The van der Waals surface area contributed by atoms with Gasteiger partial charge in [0, 0.05) is 13.1 Å². The Hall–Kier alpha value is -2.01. The van der Waals surface area contributed by atoms with Gasteiger partial charge in [0.25, 0.3) is 5.56 Å². The number of aryl methyl sites for hydroxylation is 1. The molecule has 0 aliphatic carbocycles. The first kappa shape index (κ1) is 15.4. The fourth-order valence-electron chi connectivity index (χ4n) is 1.87. The Morgan fingerprint density at radius 2 is 2.05 bits per heavy atom. The molecule has 1 heterocycles. The molecule has 0 bridgehead atoms. The lowest BCUT2D eigenvalue weighted by Gasteiger charge is -2.10. The van der Waals surface area contributed by atoms with Gasteiger partial charge in [0.1, 0.15) is 10.8 Å². The first-order chi connectivity index (χ1) is 10.1. The Kier molecular flexibility index (Phi) is 5.22. The van der Waals surface area contributed by atoms with Crippen molar-refractivity contribution in [1.29, 1.82) is 0 Å². The number of phenols is 1. The highest BCUT2D eigenvalue weighted by molar-refractivity contribution is 6.32. The molecule has 0 aliphatic rings. The normalized spacial score (nSPS) is 10.6. The summed E-state index contributed by atoms with van der Waals surface area (Å²) in [7, 11) is 0. The summed E-state index contributed by atoms with van der Waals surface area (Å²) in [5.41, 5.74) is 1.21. The molecule has 0 fully saturated rings. The van der Waals surface area contributed by atoms with Crippen LogP contribution in [0.3, 0.4) is 0 Å². The van der Waals surface area contributed by atoms with Crippen molar-refractivity contribution in [3.63, 3.8) is 0 Å². The zero-order valence-corrected chi connectivity index (χ0v) is 12.6. The zero-order valence-electron chi connectivity index (χ0n) is 11.8. The second-order valence-corrected chi connectivity index (χ2v) is 5.15. The molecule has 21 heavy (non-hydrogen) atoms. The lowest BCUT2D eigenvalue weighted by Crippen LogP contribution is -2.24. The minimum absolute atomic E-state index is 0.153. The smallest absolute Gasteiger partial charge is 0.287 e. The Morgan fingerprint density at radius 3 is 2.71 bits per heavy atom. The summed E-state index contributed by atoms with van der Waals surface area (Å²) in [6.07, 6.45) is 3.45. The lowest BCUT2D eigenvalue weighted by atomic mass is 10.2. The van der Waals surface area contributed by atoms with E-state index in [1.807, 2.05) is 0 Å². The Morgan fingerprint density at radius 1 is 1.33 bits per heavy atom. The first-order valence-electron chi connectivity index (χ1n) is 6.89. The molecule has 5 nitrogen and oxygen atoms in total. The van der Waals surface area contributed by atoms with Crippen LogP contribution >= 0.6 is 11.6 Å². The summed E-state index contributed by atoms with van der Waals surface area (Å²) >= 11 is 6.09. The molecular weight excluding hydrogens is 290 g/mol. The maximum Gasteiger partial charge on any atom is 0.287 e. The van der Waals surface area contributed by atoms with E-state index in [9.17, 15) is 9.90 Å². The summed E-state index contributed by atoms with van der Waals surface area (Å²) in [4.78, 5) is 12.0. The maximum atomic E-state index is 12.0. The van der Waals surface area contributed by atoms with Gasteiger partial charge in [-0.25, -0.2) is 4.68 Å². The van der Waals surface area contributed by atoms with Crippen LogP contribution in [0.2, 0.25) is 5.02 Å². The van der Waals surface area contributed by atoms with Gasteiger partial charge in [-0.2, -0.15) is 5.10 Å². The molecule has 112 valence electrons. The lowest BCUT2D eigenvalue weighted by molar-refractivity contribution is 0.475. The van der Waals surface area contributed by atoms with Gasteiger partial charge < -0.3 is 10.4 Å². The number of aromatic nitrogens is 2. The molecule has 0 saturated heterocycles. The van der Waals surface area contributed by atoms with Crippen LogP contribution in [0.1, 0.15) is 25.3 Å². The highest BCUT2D eigenvalue weighted by atomic mass is 35.5. The van der Waals surface area contributed by atoms with E-state index in [0.29, 0.717) is 18.8 Å². The first-order valence-corrected chi connectivity index (χ1v) is 7.27. The van der Waals surface area contributed by atoms with Crippen molar-refractivity contribution in [1.82, 2.24) is 9.78 Å². The second kappa shape index (κ2) is 7.13. The van der Waals surface area contributed by atoms with Gasteiger partial charge in [0.15, 0.2) is 0 Å². The van der Waals surface area contributed by atoms with Gasteiger partial charge in [-0.05, 0) is 24.1 Å². The van der Waals surface area contributed by atoms with Crippen molar-refractivity contribution < 1.29 is 5.11 Å². The molecule has 0 amide bonds. The number of anilines is 1. The van der Waals surface area contributed by atoms with Crippen molar-refractivity contribution in [3.05, 3.63) is 51.4 Å². The SMILES string of the molecule is CCCCn1ncc(NCc2ccc(O)cc2)c(Cl)c1=O. The topological polar surface area (TPSA) is 67.2 Å². The van der Waals surface area contributed by atoms with E-state index in [1.54, 1.807) is 30.5 Å². The maximum absolute atomic E-state index is 12.0. The number of nitrogens with one attached hydrogen (secondary N) is 1. The van der Waals surface area contributed by atoms with E-state index in [4.69, 9.17) is 11.6 Å². The van der Waals surface area contributed by atoms with E-state index >= 15 is 0 Å². The molecule has 0 spiro atoms.